The molecular formula is C17H16F3N5O2. The Morgan fingerprint density at radius 3 is 2.81 bits per heavy atom. The van der Waals surface area contributed by atoms with Gasteiger partial charge in [0.05, 0.1) is 24.0 Å². The van der Waals surface area contributed by atoms with Gasteiger partial charge in [-0.2, -0.15) is 23.4 Å². The highest BCUT2D eigenvalue weighted by Gasteiger charge is 2.30. The monoisotopic (exact) mass is 379 g/mol. The topological polar surface area (TPSA) is 74.0 Å². The van der Waals surface area contributed by atoms with Crippen LogP contribution in [0.3, 0.4) is 0 Å². The molecule has 10 heteroatoms. The van der Waals surface area contributed by atoms with Crippen LogP contribution >= 0.6 is 0 Å². The number of carbonyl (C=O) groups excluding carboxylic acids is 1. The lowest BCUT2D eigenvalue weighted by Crippen LogP contribution is -2.13. The number of aromatic nitrogens is 4. The van der Waals surface area contributed by atoms with Crippen molar-refractivity contribution in [1.29, 1.82) is 0 Å². The van der Waals surface area contributed by atoms with Crippen LogP contribution in [-0.2, 0) is 24.2 Å². The average molecular weight is 379 g/mol. The van der Waals surface area contributed by atoms with Crippen LogP contribution in [-0.4, -0.2) is 32.6 Å². The third-order valence-electron chi connectivity index (χ3n) is 3.62. The summed E-state index contributed by atoms with van der Waals surface area (Å²) in [6.07, 6.45) is 0.156. The van der Waals surface area contributed by atoms with E-state index in [9.17, 15) is 18.0 Å². The molecule has 0 saturated heterocycles. The molecule has 0 atom stereocenters. The van der Waals surface area contributed by atoms with Crippen molar-refractivity contribution in [2.45, 2.75) is 19.5 Å². The third-order valence-corrected chi connectivity index (χ3v) is 3.62. The number of alkyl halides is 3. The van der Waals surface area contributed by atoms with Crippen molar-refractivity contribution in [2.75, 3.05) is 12.4 Å². The Hall–Kier alpha value is -3.14. The molecule has 7 nitrogen and oxygen atoms in total. The second kappa shape index (κ2) is 7.62. The van der Waals surface area contributed by atoms with Crippen LogP contribution in [0, 0.1) is 0 Å². The molecule has 0 fully saturated rings. The van der Waals surface area contributed by atoms with Gasteiger partial charge in [-0.25, -0.2) is 4.68 Å². The summed E-state index contributed by atoms with van der Waals surface area (Å²) in [6.45, 7) is 0.366. The Kier molecular flexibility index (Phi) is 5.26. The maximum atomic E-state index is 12.8. The van der Waals surface area contributed by atoms with Gasteiger partial charge in [0.1, 0.15) is 6.73 Å². The van der Waals surface area contributed by atoms with E-state index in [2.05, 4.69) is 15.5 Å². The summed E-state index contributed by atoms with van der Waals surface area (Å²) in [5, 5.41) is 10.7. The number of ether oxygens (including phenoxy) is 1. The van der Waals surface area contributed by atoms with Gasteiger partial charge in [-0.3, -0.25) is 9.48 Å². The van der Waals surface area contributed by atoms with Crippen molar-refractivity contribution in [3.63, 3.8) is 0 Å². The zero-order valence-electron chi connectivity index (χ0n) is 14.3. The van der Waals surface area contributed by atoms with Gasteiger partial charge in [-0.1, -0.05) is 12.1 Å². The van der Waals surface area contributed by atoms with Gasteiger partial charge in [0, 0.05) is 19.5 Å². The Bertz CT molecular complexity index is 933. The highest BCUT2D eigenvalue weighted by atomic mass is 19.4. The standard InChI is InChI=1S/C17H16F3N5O2/c1-27-11-24-6-5-15(23-24)16(26)22-14-8-21-25(10-14)9-12-3-2-4-13(7-12)17(18,19)20/h2-8,10H,9,11H2,1H3,(H,22,26). The summed E-state index contributed by atoms with van der Waals surface area (Å²) in [6, 6.07) is 6.56. The summed E-state index contributed by atoms with van der Waals surface area (Å²) in [7, 11) is 1.51. The van der Waals surface area contributed by atoms with E-state index < -0.39 is 17.6 Å². The number of halogens is 3. The number of nitrogens with zero attached hydrogens (tertiary/aromatic N) is 4. The predicted molar refractivity (Wildman–Crippen MR) is 90.0 cm³/mol. The van der Waals surface area contributed by atoms with E-state index in [0.717, 1.165) is 12.1 Å². The van der Waals surface area contributed by atoms with Crippen LogP contribution in [0.5, 0.6) is 0 Å². The molecule has 1 N–H and O–H groups in total. The van der Waals surface area contributed by atoms with E-state index in [1.54, 1.807) is 18.3 Å². The fourth-order valence-electron chi connectivity index (χ4n) is 2.43. The zero-order chi connectivity index (χ0) is 19.4. The minimum Gasteiger partial charge on any atom is -0.362 e. The van der Waals surface area contributed by atoms with Gasteiger partial charge in [0.25, 0.3) is 5.91 Å². The lowest BCUT2D eigenvalue weighted by molar-refractivity contribution is -0.137. The lowest BCUT2D eigenvalue weighted by atomic mass is 10.1. The predicted octanol–water partition coefficient (Wildman–Crippen LogP) is 3.00. The van der Waals surface area contributed by atoms with Gasteiger partial charge in [-0.05, 0) is 23.8 Å². The van der Waals surface area contributed by atoms with Crippen LogP contribution < -0.4 is 5.32 Å². The molecular weight excluding hydrogens is 363 g/mol. The summed E-state index contributed by atoms with van der Waals surface area (Å²) in [5.74, 6) is -0.427. The number of carbonyl (C=O) groups is 1. The van der Waals surface area contributed by atoms with E-state index in [-0.39, 0.29) is 19.0 Å². The Morgan fingerprint density at radius 1 is 1.26 bits per heavy atom. The first-order chi connectivity index (χ1) is 12.8. The fourth-order valence-corrected chi connectivity index (χ4v) is 2.43. The number of methoxy groups -OCH3 is 1. The van der Waals surface area contributed by atoms with E-state index in [1.165, 1.54) is 34.9 Å². The molecule has 1 amide bonds. The molecule has 1 aromatic carbocycles. The molecule has 0 aliphatic heterocycles. The van der Waals surface area contributed by atoms with Gasteiger partial charge in [0.15, 0.2) is 5.69 Å². The van der Waals surface area contributed by atoms with Crippen molar-refractivity contribution in [3.8, 4) is 0 Å². The number of hydrogen-bond acceptors (Lipinski definition) is 4. The van der Waals surface area contributed by atoms with Crippen LogP contribution in [0.2, 0.25) is 0 Å². The molecule has 0 spiro atoms. The normalized spacial score (nSPS) is 11.6. The molecule has 0 unspecified atom stereocenters. The van der Waals surface area contributed by atoms with E-state index in [1.807, 2.05) is 0 Å². The molecule has 0 saturated carbocycles. The molecule has 3 aromatic rings. The maximum absolute atomic E-state index is 12.8. The fraction of sp³-hybridized carbons (Fsp3) is 0.235. The molecule has 0 aliphatic carbocycles. The maximum Gasteiger partial charge on any atom is 0.416 e. The quantitative estimate of drug-likeness (QED) is 0.715. The Balaban J connectivity index is 1.65. The van der Waals surface area contributed by atoms with Gasteiger partial charge in [-0.15, -0.1) is 0 Å². The van der Waals surface area contributed by atoms with Crippen molar-refractivity contribution in [1.82, 2.24) is 19.6 Å². The average Bonchev–Trinajstić information content (AvgIpc) is 3.24. The molecule has 0 bridgehead atoms. The highest BCUT2D eigenvalue weighted by molar-refractivity contribution is 6.02. The summed E-state index contributed by atoms with van der Waals surface area (Å²) >= 11 is 0. The second-order valence-corrected chi connectivity index (χ2v) is 5.74. The molecule has 142 valence electrons. The Morgan fingerprint density at radius 2 is 2.07 bits per heavy atom. The molecule has 2 heterocycles. The largest absolute Gasteiger partial charge is 0.416 e. The van der Waals surface area contributed by atoms with Crippen LogP contribution in [0.1, 0.15) is 21.6 Å². The van der Waals surface area contributed by atoms with Gasteiger partial charge >= 0.3 is 6.18 Å². The number of hydrogen-bond donors (Lipinski definition) is 1. The number of benzene rings is 1. The van der Waals surface area contributed by atoms with E-state index in [4.69, 9.17) is 4.74 Å². The first-order valence-electron chi connectivity index (χ1n) is 7.87. The summed E-state index contributed by atoms with van der Waals surface area (Å²) in [4.78, 5) is 12.2. The van der Waals surface area contributed by atoms with Gasteiger partial charge < -0.3 is 10.1 Å². The van der Waals surface area contributed by atoms with Crippen LogP contribution in [0.4, 0.5) is 18.9 Å². The zero-order valence-corrected chi connectivity index (χ0v) is 14.3. The lowest BCUT2D eigenvalue weighted by Gasteiger charge is -2.08. The molecule has 0 aliphatic rings. The molecule has 27 heavy (non-hydrogen) atoms. The van der Waals surface area contributed by atoms with E-state index >= 15 is 0 Å². The minimum atomic E-state index is -4.40. The van der Waals surface area contributed by atoms with Crippen molar-refractivity contribution >= 4 is 11.6 Å². The smallest absolute Gasteiger partial charge is 0.362 e. The minimum absolute atomic E-state index is 0.141. The number of rotatable bonds is 6. The summed E-state index contributed by atoms with van der Waals surface area (Å²) in [5.41, 5.74) is 0.349. The van der Waals surface area contributed by atoms with Crippen LogP contribution in [0.15, 0.2) is 48.9 Å². The Labute approximate surface area is 152 Å². The van der Waals surface area contributed by atoms with E-state index in [0.29, 0.717) is 11.3 Å². The summed E-state index contributed by atoms with van der Waals surface area (Å²) < 4.78 is 46.2. The van der Waals surface area contributed by atoms with Gasteiger partial charge in [0.2, 0.25) is 0 Å². The van der Waals surface area contributed by atoms with Crippen LogP contribution in [0.25, 0.3) is 0 Å². The second-order valence-electron chi connectivity index (χ2n) is 5.74. The van der Waals surface area contributed by atoms with Crippen molar-refractivity contribution in [3.05, 3.63) is 65.7 Å². The van der Waals surface area contributed by atoms with Crippen molar-refractivity contribution < 1.29 is 22.7 Å². The molecule has 3 rings (SSSR count). The third kappa shape index (κ3) is 4.73. The molecule has 0 radical (unpaired) electrons. The van der Waals surface area contributed by atoms with Crippen molar-refractivity contribution in [2.24, 2.45) is 0 Å². The highest BCUT2D eigenvalue weighted by Crippen LogP contribution is 2.29. The molecule has 2 aromatic heterocycles. The number of nitrogens with one attached hydrogen (secondary N) is 1. The number of anilines is 1. The SMILES string of the molecule is COCn1ccc(C(=O)Nc2cnn(Cc3cccc(C(F)(F)F)c3)c2)n1. The first-order valence-corrected chi connectivity index (χ1v) is 7.87. The first kappa shape index (κ1) is 18.6. The number of amides is 1.